The van der Waals surface area contributed by atoms with Gasteiger partial charge in [-0.2, -0.15) is 0 Å². The first kappa shape index (κ1) is 10.7. The van der Waals surface area contributed by atoms with Gasteiger partial charge in [0.25, 0.3) is 0 Å². The maximum atomic E-state index is 4.95. The molecule has 1 aromatic heterocycles. The van der Waals surface area contributed by atoms with Gasteiger partial charge in [-0.25, -0.2) is 0 Å². The van der Waals surface area contributed by atoms with Crippen LogP contribution < -0.4 is 0 Å². The van der Waals surface area contributed by atoms with Crippen LogP contribution in [0.15, 0.2) is 42.5 Å². The number of aromatic nitrogens is 1. The number of hydrogen-bond acceptors (Lipinski definition) is 1. The van der Waals surface area contributed by atoms with E-state index in [0.717, 1.165) is 18.4 Å². The third kappa shape index (κ3) is 1.51. The van der Waals surface area contributed by atoms with Gasteiger partial charge in [-0.3, -0.25) is 4.98 Å². The molecule has 0 atom stereocenters. The molecule has 92 valence electrons. The number of benzene rings is 2. The highest BCUT2D eigenvalue weighted by atomic mass is 14.7. The molecule has 3 aromatic rings. The molecule has 19 heavy (non-hydrogen) atoms. The molecule has 1 aliphatic rings. The molecule has 1 heterocycles. The third-order valence-electron chi connectivity index (χ3n) is 4.10. The lowest BCUT2D eigenvalue weighted by Gasteiger charge is -2.15. The van der Waals surface area contributed by atoms with E-state index in [1.165, 1.54) is 33.0 Å². The minimum Gasteiger partial charge on any atom is -0.252 e. The van der Waals surface area contributed by atoms with E-state index in [2.05, 4.69) is 55.5 Å². The van der Waals surface area contributed by atoms with Crippen molar-refractivity contribution in [2.75, 3.05) is 0 Å². The Balaban J connectivity index is 2.21. The van der Waals surface area contributed by atoms with Crippen molar-refractivity contribution in [3.05, 3.63) is 59.3 Å². The Morgan fingerprint density at radius 2 is 1.89 bits per heavy atom. The van der Waals surface area contributed by atoms with Crippen LogP contribution in [0, 0.1) is 6.92 Å². The number of fused-ring (bicyclic) bond motifs is 4. The minimum absolute atomic E-state index is 1.06. The van der Waals surface area contributed by atoms with Gasteiger partial charge in [0.15, 0.2) is 0 Å². The van der Waals surface area contributed by atoms with E-state index in [1.54, 1.807) is 0 Å². The van der Waals surface area contributed by atoms with Crippen LogP contribution in [0.2, 0.25) is 0 Å². The summed E-state index contributed by atoms with van der Waals surface area (Å²) in [5.74, 6) is 0. The molecule has 2 aromatic carbocycles. The molecule has 1 nitrogen and oxygen atoms in total. The van der Waals surface area contributed by atoms with Crippen LogP contribution in [-0.4, -0.2) is 4.98 Å². The fraction of sp³-hybridized carbons (Fsp3) is 0.167. The fourth-order valence-electron chi connectivity index (χ4n) is 3.07. The van der Waals surface area contributed by atoms with Gasteiger partial charge in [0.05, 0.1) is 5.52 Å². The Labute approximate surface area is 112 Å². The van der Waals surface area contributed by atoms with Crippen molar-refractivity contribution in [1.82, 2.24) is 4.98 Å². The van der Waals surface area contributed by atoms with Gasteiger partial charge in [-0.1, -0.05) is 48.6 Å². The molecule has 0 saturated carbocycles. The average Bonchev–Trinajstić information content (AvgIpc) is 2.47. The van der Waals surface area contributed by atoms with Crippen LogP contribution in [0.1, 0.15) is 23.2 Å². The van der Waals surface area contributed by atoms with Crippen LogP contribution in [-0.2, 0) is 6.42 Å². The zero-order valence-electron chi connectivity index (χ0n) is 11.0. The Kier molecular flexibility index (Phi) is 2.22. The number of pyridine rings is 1. The lowest BCUT2D eigenvalue weighted by atomic mass is 9.94. The number of allylic oxidation sites excluding steroid dienone is 1. The lowest BCUT2D eigenvalue weighted by Crippen LogP contribution is -2.02. The summed E-state index contributed by atoms with van der Waals surface area (Å²) in [5.41, 5.74) is 5.10. The number of aryl methyl sites for hydroxylation is 2. The summed E-state index contributed by atoms with van der Waals surface area (Å²) in [6.07, 6.45) is 6.65. The molecule has 4 rings (SSSR count). The van der Waals surface area contributed by atoms with E-state index in [9.17, 15) is 0 Å². The van der Waals surface area contributed by atoms with E-state index in [1.807, 2.05) is 0 Å². The van der Waals surface area contributed by atoms with Crippen LogP contribution >= 0.6 is 0 Å². The molecule has 0 unspecified atom stereocenters. The molecule has 0 N–H and O–H groups in total. The molecule has 0 bridgehead atoms. The van der Waals surface area contributed by atoms with Crippen molar-refractivity contribution in [2.24, 2.45) is 0 Å². The SMILES string of the molecule is Cc1c2c(nc3c1ccc1ccccc13)CCC=C2. The summed E-state index contributed by atoms with van der Waals surface area (Å²) < 4.78 is 0. The Bertz CT molecular complexity index is 828. The van der Waals surface area contributed by atoms with Gasteiger partial charge in [0.1, 0.15) is 0 Å². The summed E-state index contributed by atoms with van der Waals surface area (Å²) in [6, 6.07) is 12.9. The Hall–Kier alpha value is -2.15. The number of rotatable bonds is 0. The van der Waals surface area contributed by atoms with Gasteiger partial charge in [0.2, 0.25) is 0 Å². The number of nitrogens with zero attached hydrogens (tertiary/aromatic N) is 1. The van der Waals surface area contributed by atoms with Crippen molar-refractivity contribution in [2.45, 2.75) is 19.8 Å². The van der Waals surface area contributed by atoms with Gasteiger partial charge < -0.3 is 0 Å². The zero-order valence-corrected chi connectivity index (χ0v) is 11.0. The van der Waals surface area contributed by atoms with Gasteiger partial charge in [0, 0.05) is 16.5 Å². The number of hydrogen-bond donors (Lipinski definition) is 0. The van der Waals surface area contributed by atoms with E-state index >= 15 is 0 Å². The van der Waals surface area contributed by atoms with Gasteiger partial charge in [-0.15, -0.1) is 0 Å². The summed E-state index contributed by atoms with van der Waals surface area (Å²) in [7, 11) is 0. The van der Waals surface area contributed by atoms with Crippen molar-refractivity contribution in [3.8, 4) is 0 Å². The third-order valence-corrected chi connectivity index (χ3v) is 4.10. The fourth-order valence-corrected chi connectivity index (χ4v) is 3.07. The summed E-state index contributed by atoms with van der Waals surface area (Å²) in [4.78, 5) is 4.95. The predicted molar refractivity (Wildman–Crippen MR) is 81.3 cm³/mol. The van der Waals surface area contributed by atoms with Crippen LogP contribution in [0.3, 0.4) is 0 Å². The molecule has 1 heteroatoms. The van der Waals surface area contributed by atoms with Gasteiger partial charge in [-0.05, 0) is 36.3 Å². The highest BCUT2D eigenvalue weighted by Gasteiger charge is 2.13. The molecule has 0 amide bonds. The first-order valence-electron chi connectivity index (χ1n) is 6.82. The zero-order chi connectivity index (χ0) is 12.8. The van der Waals surface area contributed by atoms with Crippen LogP contribution in [0.25, 0.3) is 27.8 Å². The Morgan fingerprint density at radius 1 is 1.00 bits per heavy atom. The second-order valence-corrected chi connectivity index (χ2v) is 5.22. The molecule has 0 radical (unpaired) electrons. The summed E-state index contributed by atoms with van der Waals surface area (Å²) in [5, 5.41) is 3.82. The topological polar surface area (TPSA) is 12.9 Å². The van der Waals surface area contributed by atoms with Gasteiger partial charge >= 0.3 is 0 Å². The smallest absolute Gasteiger partial charge is 0.0786 e. The summed E-state index contributed by atoms with van der Waals surface area (Å²) in [6.45, 7) is 2.22. The van der Waals surface area contributed by atoms with E-state index in [4.69, 9.17) is 4.98 Å². The molecule has 0 fully saturated rings. The Morgan fingerprint density at radius 3 is 2.84 bits per heavy atom. The molecule has 0 aliphatic heterocycles. The molecule has 0 saturated heterocycles. The average molecular weight is 245 g/mol. The highest BCUT2D eigenvalue weighted by molar-refractivity contribution is 6.06. The molecule has 0 spiro atoms. The monoisotopic (exact) mass is 245 g/mol. The predicted octanol–water partition coefficient (Wildman–Crippen LogP) is 4.66. The first-order valence-corrected chi connectivity index (χ1v) is 6.82. The van der Waals surface area contributed by atoms with Crippen molar-refractivity contribution in [1.29, 1.82) is 0 Å². The summed E-state index contributed by atoms with van der Waals surface area (Å²) >= 11 is 0. The van der Waals surface area contributed by atoms with Crippen molar-refractivity contribution >= 4 is 27.8 Å². The first-order chi connectivity index (χ1) is 9.34. The van der Waals surface area contributed by atoms with Crippen molar-refractivity contribution < 1.29 is 0 Å². The largest absolute Gasteiger partial charge is 0.252 e. The molecule has 1 aliphatic carbocycles. The maximum absolute atomic E-state index is 4.95. The quantitative estimate of drug-likeness (QED) is 0.525. The minimum atomic E-state index is 1.06. The van der Waals surface area contributed by atoms with Crippen LogP contribution in [0.5, 0.6) is 0 Å². The molecular weight excluding hydrogens is 230 g/mol. The lowest BCUT2D eigenvalue weighted by molar-refractivity contribution is 0.935. The maximum Gasteiger partial charge on any atom is 0.0786 e. The van der Waals surface area contributed by atoms with E-state index in [-0.39, 0.29) is 0 Å². The van der Waals surface area contributed by atoms with Crippen molar-refractivity contribution in [3.63, 3.8) is 0 Å². The second-order valence-electron chi connectivity index (χ2n) is 5.22. The second kappa shape index (κ2) is 3.92. The van der Waals surface area contributed by atoms with E-state index in [0.29, 0.717) is 0 Å². The molecular formula is C18H15N. The standard InChI is InChI=1S/C18H15N/c1-12-14-7-4-5-9-17(14)19-18-15(12)11-10-13-6-2-3-8-16(13)18/h2-4,6-8,10-11H,5,9H2,1H3. The van der Waals surface area contributed by atoms with E-state index < -0.39 is 0 Å². The normalized spacial score (nSPS) is 13.9. The highest BCUT2D eigenvalue weighted by Crippen LogP contribution is 2.31. The van der Waals surface area contributed by atoms with Crippen LogP contribution in [0.4, 0.5) is 0 Å².